The lowest BCUT2D eigenvalue weighted by atomic mass is 9.72. The summed E-state index contributed by atoms with van der Waals surface area (Å²) in [5.74, 6) is -1.18. The van der Waals surface area contributed by atoms with Crippen LogP contribution in [0, 0.1) is 5.92 Å². The van der Waals surface area contributed by atoms with Gasteiger partial charge in [-0.05, 0) is 31.4 Å². The number of methoxy groups -OCH3 is 1. The summed E-state index contributed by atoms with van der Waals surface area (Å²) >= 11 is 0. The minimum Gasteiger partial charge on any atom is -0.468 e. The molecule has 0 aromatic carbocycles. The topological polar surface area (TPSA) is 68.6 Å². The zero-order valence-corrected chi connectivity index (χ0v) is 12.7. The van der Waals surface area contributed by atoms with E-state index in [2.05, 4.69) is 9.98 Å². The summed E-state index contributed by atoms with van der Waals surface area (Å²) in [5, 5.41) is 0. The number of carbonyl (C=O) groups is 2. The predicted octanol–water partition coefficient (Wildman–Crippen LogP) is 2.44. The Kier molecular flexibility index (Phi) is 3.88. The first kappa shape index (κ1) is 14.6. The molecule has 1 aromatic rings. The van der Waals surface area contributed by atoms with Gasteiger partial charge in [-0.25, -0.2) is 0 Å². The normalized spacial score (nSPS) is 24.6. The van der Waals surface area contributed by atoms with Gasteiger partial charge in [-0.3, -0.25) is 19.6 Å². The van der Waals surface area contributed by atoms with Crippen molar-refractivity contribution in [2.75, 3.05) is 7.11 Å². The third-order valence-electron chi connectivity index (χ3n) is 4.33. The number of aliphatic imine (C=N–C) groups is 1. The zero-order chi connectivity index (χ0) is 15.7. The minimum absolute atomic E-state index is 0.0836. The van der Waals surface area contributed by atoms with Crippen LogP contribution < -0.4 is 0 Å². The van der Waals surface area contributed by atoms with Crippen LogP contribution >= 0.6 is 0 Å². The van der Waals surface area contributed by atoms with E-state index in [1.165, 1.54) is 7.11 Å². The summed E-state index contributed by atoms with van der Waals surface area (Å²) in [7, 11) is 1.36. The van der Waals surface area contributed by atoms with Gasteiger partial charge in [0.2, 0.25) is 0 Å². The number of rotatable bonds is 2. The van der Waals surface area contributed by atoms with E-state index in [1.807, 2.05) is 19.1 Å². The third kappa shape index (κ3) is 2.36. The van der Waals surface area contributed by atoms with Gasteiger partial charge in [-0.2, -0.15) is 0 Å². The number of hydrogen-bond donors (Lipinski definition) is 0. The van der Waals surface area contributed by atoms with Gasteiger partial charge in [-0.15, -0.1) is 0 Å². The van der Waals surface area contributed by atoms with Crippen molar-refractivity contribution in [1.29, 1.82) is 0 Å². The smallest absolute Gasteiger partial charge is 0.315 e. The van der Waals surface area contributed by atoms with E-state index in [0.29, 0.717) is 17.7 Å². The van der Waals surface area contributed by atoms with Crippen LogP contribution in [-0.2, 0) is 14.3 Å². The first-order chi connectivity index (χ1) is 10.6. The molecule has 0 saturated carbocycles. The van der Waals surface area contributed by atoms with Crippen molar-refractivity contribution in [2.24, 2.45) is 10.9 Å². The van der Waals surface area contributed by atoms with Gasteiger partial charge in [0.25, 0.3) is 0 Å². The predicted molar refractivity (Wildman–Crippen MR) is 81.5 cm³/mol. The number of Topliss-reactive ketones (excluding diaryl/α,β-unsaturated/α-hetero) is 1. The SMILES string of the molecule is COC(=O)C1C(C)=NC2=C(C(=O)CCC2)[C@H]1c1cccnc1. The van der Waals surface area contributed by atoms with Crippen LogP contribution in [0.2, 0.25) is 0 Å². The lowest BCUT2D eigenvalue weighted by Crippen LogP contribution is -2.36. The number of aromatic nitrogens is 1. The Bertz CT molecular complexity index is 676. The number of nitrogens with zero attached hydrogens (tertiary/aromatic N) is 2. The Balaban J connectivity index is 2.17. The maximum absolute atomic E-state index is 12.5. The second-order valence-corrected chi connectivity index (χ2v) is 5.66. The largest absolute Gasteiger partial charge is 0.468 e. The van der Waals surface area contributed by atoms with E-state index in [9.17, 15) is 9.59 Å². The van der Waals surface area contributed by atoms with E-state index in [0.717, 1.165) is 24.1 Å². The molecule has 1 unspecified atom stereocenters. The first-order valence-corrected chi connectivity index (χ1v) is 7.42. The average molecular weight is 298 g/mol. The summed E-state index contributed by atoms with van der Waals surface area (Å²) in [6.45, 7) is 1.83. The monoisotopic (exact) mass is 298 g/mol. The Morgan fingerprint density at radius 2 is 2.18 bits per heavy atom. The molecule has 0 radical (unpaired) electrons. The Labute approximate surface area is 129 Å². The molecule has 114 valence electrons. The molecule has 1 aliphatic heterocycles. The Morgan fingerprint density at radius 1 is 1.36 bits per heavy atom. The van der Waals surface area contributed by atoms with Gasteiger partial charge in [0.15, 0.2) is 5.78 Å². The lowest BCUT2D eigenvalue weighted by molar-refractivity contribution is -0.143. The van der Waals surface area contributed by atoms with Crippen molar-refractivity contribution in [1.82, 2.24) is 4.98 Å². The zero-order valence-electron chi connectivity index (χ0n) is 12.7. The van der Waals surface area contributed by atoms with E-state index in [4.69, 9.17) is 4.74 Å². The van der Waals surface area contributed by atoms with Gasteiger partial charge < -0.3 is 4.74 Å². The van der Waals surface area contributed by atoms with Crippen LogP contribution in [-0.4, -0.2) is 29.6 Å². The Morgan fingerprint density at radius 3 is 2.86 bits per heavy atom. The summed E-state index contributed by atoms with van der Waals surface area (Å²) in [6, 6.07) is 3.72. The highest BCUT2D eigenvalue weighted by atomic mass is 16.5. The fraction of sp³-hybridized carbons (Fsp3) is 0.412. The third-order valence-corrected chi connectivity index (χ3v) is 4.33. The number of ketones is 1. The summed E-state index contributed by atoms with van der Waals surface area (Å²) in [5.41, 5.74) is 3.05. The van der Waals surface area contributed by atoms with Crippen LogP contribution in [0.4, 0.5) is 0 Å². The van der Waals surface area contributed by atoms with Crippen LogP contribution in [0.3, 0.4) is 0 Å². The molecule has 3 rings (SSSR count). The number of esters is 1. The van der Waals surface area contributed by atoms with E-state index in [-0.39, 0.29) is 17.7 Å². The molecule has 5 heteroatoms. The quantitative estimate of drug-likeness (QED) is 0.786. The average Bonchev–Trinajstić information content (AvgIpc) is 2.54. The highest BCUT2D eigenvalue weighted by molar-refractivity contribution is 6.08. The fourth-order valence-electron chi connectivity index (χ4n) is 3.36. The maximum atomic E-state index is 12.5. The summed E-state index contributed by atoms with van der Waals surface area (Å²) in [6.07, 6.45) is 5.50. The van der Waals surface area contributed by atoms with Crippen molar-refractivity contribution in [3.63, 3.8) is 0 Å². The lowest BCUT2D eigenvalue weighted by Gasteiger charge is -2.34. The van der Waals surface area contributed by atoms with E-state index in [1.54, 1.807) is 12.4 Å². The van der Waals surface area contributed by atoms with Crippen LogP contribution in [0.15, 0.2) is 40.8 Å². The highest BCUT2D eigenvalue weighted by Crippen LogP contribution is 2.43. The molecule has 0 amide bonds. The molecular formula is C17H18N2O3. The number of ether oxygens (including phenoxy) is 1. The molecule has 0 spiro atoms. The first-order valence-electron chi connectivity index (χ1n) is 7.42. The second kappa shape index (κ2) is 5.83. The molecule has 0 N–H and O–H groups in total. The van der Waals surface area contributed by atoms with Gasteiger partial charge in [0.05, 0.1) is 7.11 Å². The minimum atomic E-state index is -0.560. The fourth-order valence-corrected chi connectivity index (χ4v) is 3.36. The molecule has 2 aliphatic rings. The van der Waals surface area contributed by atoms with Crippen molar-refractivity contribution in [3.8, 4) is 0 Å². The molecule has 0 saturated heterocycles. The van der Waals surface area contributed by atoms with Gasteiger partial charge in [-0.1, -0.05) is 6.07 Å². The second-order valence-electron chi connectivity index (χ2n) is 5.66. The standard InChI is InChI=1S/C17H18N2O3/c1-10-14(17(21)22-2)15(11-5-4-8-18-9-11)16-12(19-10)6-3-7-13(16)20/h4-5,8-9,14-15H,3,6-7H2,1-2H3/t14?,15-/m0/s1. The molecule has 2 atom stereocenters. The number of carbonyl (C=O) groups excluding carboxylic acids is 2. The number of allylic oxidation sites excluding steroid dienone is 2. The molecule has 1 aliphatic carbocycles. The number of pyridine rings is 1. The van der Waals surface area contributed by atoms with Crippen LogP contribution in [0.25, 0.3) is 0 Å². The number of hydrogen-bond acceptors (Lipinski definition) is 5. The van der Waals surface area contributed by atoms with Crippen molar-refractivity contribution in [2.45, 2.75) is 32.1 Å². The van der Waals surface area contributed by atoms with Crippen molar-refractivity contribution < 1.29 is 14.3 Å². The molecule has 5 nitrogen and oxygen atoms in total. The van der Waals surface area contributed by atoms with Gasteiger partial charge >= 0.3 is 5.97 Å². The maximum Gasteiger partial charge on any atom is 0.315 e. The Hall–Kier alpha value is -2.30. The molecular weight excluding hydrogens is 280 g/mol. The molecule has 0 bridgehead atoms. The summed E-state index contributed by atoms with van der Waals surface area (Å²) < 4.78 is 4.95. The molecule has 1 aromatic heterocycles. The van der Waals surface area contributed by atoms with Crippen molar-refractivity contribution >= 4 is 17.5 Å². The van der Waals surface area contributed by atoms with Crippen LogP contribution in [0.5, 0.6) is 0 Å². The molecule has 0 fully saturated rings. The molecule has 2 heterocycles. The summed E-state index contributed by atoms with van der Waals surface area (Å²) in [4.78, 5) is 33.4. The van der Waals surface area contributed by atoms with Gasteiger partial charge in [0, 0.05) is 41.7 Å². The van der Waals surface area contributed by atoms with Gasteiger partial charge in [0.1, 0.15) is 5.92 Å². The van der Waals surface area contributed by atoms with E-state index >= 15 is 0 Å². The molecule has 22 heavy (non-hydrogen) atoms. The van der Waals surface area contributed by atoms with Crippen LogP contribution in [0.1, 0.15) is 37.7 Å². The highest BCUT2D eigenvalue weighted by Gasteiger charge is 2.42. The van der Waals surface area contributed by atoms with Crippen molar-refractivity contribution in [3.05, 3.63) is 41.4 Å². The van der Waals surface area contributed by atoms with E-state index < -0.39 is 5.92 Å².